The first-order valence-electron chi connectivity index (χ1n) is 10.3. The van der Waals surface area contributed by atoms with Crippen LogP contribution in [0.15, 0.2) is 35.4 Å². The summed E-state index contributed by atoms with van der Waals surface area (Å²) in [5.74, 6) is -0.622. The van der Waals surface area contributed by atoms with Crippen molar-refractivity contribution in [2.45, 2.75) is 65.1 Å². The van der Waals surface area contributed by atoms with Crippen molar-refractivity contribution < 1.29 is 9.53 Å². The van der Waals surface area contributed by atoms with E-state index in [-0.39, 0.29) is 11.5 Å². The van der Waals surface area contributed by atoms with Gasteiger partial charge >= 0.3 is 0 Å². The first kappa shape index (κ1) is 21.7. The molecular formula is C25H32NO2Si. The summed E-state index contributed by atoms with van der Waals surface area (Å²) in [7, 11) is 0.810. The Morgan fingerprint density at radius 3 is 2.48 bits per heavy atom. The first-order chi connectivity index (χ1) is 13.6. The molecule has 1 unspecified atom stereocenters. The minimum atomic E-state index is -0.910. The van der Waals surface area contributed by atoms with Crippen LogP contribution in [0, 0.1) is 0 Å². The number of ether oxygens (including phenoxy) is 1. The van der Waals surface area contributed by atoms with Gasteiger partial charge in [-0.3, -0.25) is 10.5 Å². The fraction of sp³-hybridized carbons (Fsp3) is 0.440. The molecule has 0 aromatic heterocycles. The fourth-order valence-electron chi connectivity index (χ4n) is 4.26. The molecule has 3 nitrogen and oxygen atoms in total. The number of carbonyl (C=O) groups excluding carboxylic acids is 1. The van der Waals surface area contributed by atoms with Crippen LogP contribution in [0.1, 0.15) is 56.4 Å². The van der Waals surface area contributed by atoms with E-state index in [0.29, 0.717) is 5.57 Å². The Labute approximate surface area is 176 Å². The van der Waals surface area contributed by atoms with Gasteiger partial charge in [0.15, 0.2) is 0 Å². The molecule has 2 aliphatic carbocycles. The van der Waals surface area contributed by atoms with Crippen molar-refractivity contribution in [3.63, 3.8) is 0 Å². The monoisotopic (exact) mass is 406 g/mol. The van der Waals surface area contributed by atoms with Gasteiger partial charge in [0.1, 0.15) is 0 Å². The Kier molecular flexibility index (Phi) is 5.97. The summed E-state index contributed by atoms with van der Waals surface area (Å²) >= 11 is 0. The second-order valence-electron chi connectivity index (χ2n) is 9.22. The molecule has 1 N–H and O–H groups in total. The highest BCUT2D eigenvalue weighted by Crippen LogP contribution is 2.40. The molecule has 0 bridgehead atoms. The van der Waals surface area contributed by atoms with Gasteiger partial charge in [0.2, 0.25) is 0 Å². The van der Waals surface area contributed by atoms with Crippen LogP contribution in [0.4, 0.5) is 0 Å². The molecule has 29 heavy (non-hydrogen) atoms. The molecule has 0 aliphatic heterocycles. The van der Waals surface area contributed by atoms with E-state index >= 15 is 0 Å². The van der Waals surface area contributed by atoms with E-state index in [0.717, 1.165) is 24.0 Å². The summed E-state index contributed by atoms with van der Waals surface area (Å²) in [4.78, 5) is 12.3. The molecule has 1 aromatic carbocycles. The summed E-state index contributed by atoms with van der Waals surface area (Å²) in [6.07, 6.45) is 7.85. The molecule has 1 amide bonds. The van der Waals surface area contributed by atoms with E-state index in [1.165, 1.54) is 27.4 Å². The van der Waals surface area contributed by atoms with Gasteiger partial charge in [-0.1, -0.05) is 70.6 Å². The van der Waals surface area contributed by atoms with Gasteiger partial charge in [-0.15, -0.1) is 0 Å². The number of nitrogens with one attached hydrogen (secondary N) is 1. The maximum absolute atomic E-state index is 12.3. The van der Waals surface area contributed by atoms with Crippen molar-refractivity contribution >= 4 is 31.1 Å². The topological polar surface area (TPSA) is 50.1 Å². The zero-order valence-corrected chi connectivity index (χ0v) is 19.7. The summed E-state index contributed by atoms with van der Waals surface area (Å²) in [5.41, 5.74) is 15.7. The number of amides is 1. The highest BCUT2D eigenvalue weighted by Gasteiger charge is 2.31. The second-order valence-corrected chi connectivity index (χ2v) is 11.8. The molecular weight excluding hydrogens is 374 g/mol. The van der Waals surface area contributed by atoms with Crippen LogP contribution in [0.5, 0.6) is 0 Å². The quantitative estimate of drug-likeness (QED) is 0.661. The molecule has 0 saturated heterocycles. The minimum absolute atomic E-state index is 0.00414. The number of benzene rings is 1. The molecule has 0 fully saturated rings. The lowest BCUT2D eigenvalue weighted by Gasteiger charge is -2.29. The summed E-state index contributed by atoms with van der Waals surface area (Å²) in [6.45, 7) is 13.3. The number of fused-ring (bicyclic) bond motifs is 1. The highest BCUT2D eigenvalue weighted by atomic mass is 28.2. The third-order valence-corrected chi connectivity index (χ3v) is 7.55. The van der Waals surface area contributed by atoms with Crippen LogP contribution in [0.2, 0.25) is 13.1 Å². The number of hydrogen-bond donors (Lipinski definition) is 0. The summed E-state index contributed by atoms with van der Waals surface area (Å²) in [5, 5.41) is 1.19. The predicted octanol–water partition coefficient (Wildman–Crippen LogP) is 4.99. The van der Waals surface area contributed by atoms with Gasteiger partial charge in [0, 0.05) is 21.1 Å². The predicted molar refractivity (Wildman–Crippen MR) is 125 cm³/mol. The molecule has 4 heteroatoms. The lowest BCUT2D eigenvalue weighted by molar-refractivity contribution is -0.114. The Hall–Kier alpha value is -2.04. The maximum atomic E-state index is 12.3. The largest absolute Gasteiger partial charge is 0.373 e. The van der Waals surface area contributed by atoms with Crippen molar-refractivity contribution in [3.8, 4) is 0 Å². The van der Waals surface area contributed by atoms with Crippen molar-refractivity contribution in [1.29, 1.82) is 0 Å². The number of rotatable bonds is 4. The van der Waals surface area contributed by atoms with Gasteiger partial charge in [0.25, 0.3) is 5.91 Å². The average Bonchev–Trinajstić information content (AvgIpc) is 3.08. The van der Waals surface area contributed by atoms with Crippen molar-refractivity contribution in [2.24, 2.45) is 0 Å². The minimum Gasteiger partial charge on any atom is -0.373 e. The third kappa shape index (κ3) is 4.01. The smallest absolute Gasteiger partial charge is 0.270 e. The fourth-order valence-corrected chi connectivity index (χ4v) is 5.81. The standard InChI is InChI=1S/C25H32NO2Si/c1-8-15-11-16-13-17(25(2,3)4)14-20(19(16)12-15)22-18(24(26)27)9-10-21(28-5)23(22)29(6)7/h9-11,13-14,21,26H,8,12H2,1-7H3. The Morgan fingerprint density at radius 1 is 1.28 bits per heavy atom. The van der Waals surface area contributed by atoms with Crippen molar-refractivity contribution in [1.82, 2.24) is 5.73 Å². The van der Waals surface area contributed by atoms with Crippen LogP contribution < -0.4 is 5.73 Å². The number of methoxy groups -OCH3 is 1. The van der Waals surface area contributed by atoms with Crippen LogP contribution in [-0.4, -0.2) is 32.7 Å². The molecule has 1 aromatic rings. The van der Waals surface area contributed by atoms with E-state index in [2.05, 4.69) is 59.0 Å². The van der Waals surface area contributed by atoms with Crippen LogP contribution in [-0.2, 0) is 21.4 Å². The maximum Gasteiger partial charge on any atom is 0.270 e. The van der Waals surface area contributed by atoms with Crippen molar-refractivity contribution in [3.05, 3.63) is 57.7 Å². The van der Waals surface area contributed by atoms with Gasteiger partial charge in [-0.25, -0.2) is 0 Å². The Bertz CT molecular complexity index is 983. The summed E-state index contributed by atoms with van der Waals surface area (Å²) < 4.78 is 5.79. The number of allylic oxidation sites excluding steroid dienone is 1. The van der Waals surface area contributed by atoms with Crippen LogP contribution in [0.25, 0.3) is 11.6 Å². The average molecular weight is 407 g/mol. The molecule has 0 heterocycles. The van der Waals surface area contributed by atoms with Gasteiger partial charge in [0.05, 0.1) is 6.10 Å². The van der Waals surface area contributed by atoms with Gasteiger partial charge in [-0.05, 0) is 57.3 Å². The molecule has 153 valence electrons. The number of hydrogen-bond acceptors (Lipinski definition) is 2. The van der Waals surface area contributed by atoms with Gasteiger partial charge in [-0.2, -0.15) is 0 Å². The van der Waals surface area contributed by atoms with E-state index in [1.54, 1.807) is 13.2 Å². The summed E-state index contributed by atoms with van der Waals surface area (Å²) in [6, 6.07) is 4.57. The first-order valence-corrected chi connectivity index (χ1v) is 12.8. The van der Waals surface area contributed by atoms with E-state index in [9.17, 15) is 4.79 Å². The van der Waals surface area contributed by atoms with E-state index in [4.69, 9.17) is 10.5 Å². The van der Waals surface area contributed by atoms with E-state index < -0.39 is 14.3 Å². The van der Waals surface area contributed by atoms with E-state index in [1.807, 2.05) is 6.08 Å². The van der Waals surface area contributed by atoms with Gasteiger partial charge < -0.3 is 4.74 Å². The van der Waals surface area contributed by atoms with Crippen molar-refractivity contribution in [2.75, 3.05) is 7.11 Å². The second kappa shape index (κ2) is 8.00. The number of carbonyl (C=O) groups is 1. The zero-order chi connectivity index (χ0) is 21.5. The zero-order valence-electron chi connectivity index (χ0n) is 18.7. The molecule has 0 spiro atoms. The normalized spacial score (nSPS) is 18.8. The van der Waals surface area contributed by atoms with Crippen LogP contribution in [0.3, 0.4) is 0 Å². The highest BCUT2D eigenvalue weighted by molar-refractivity contribution is 6.78. The molecule has 3 rings (SSSR count). The molecule has 1 radical (unpaired) electrons. The Morgan fingerprint density at radius 2 is 1.97 bits per heavy atom. The lowest BCUT2D eigenvalue weighted by Crippen LogP contribution is -2.32. The Balaban J connectivity index is 2.39. The SMILES string of the molecule is CCC1=Cc2cc(C(C)(C)C)cc(C3=C(C([NH])=O)C=CC(OC)C3=[Si](C)C)c2C1. The molecule has 1 atom stereocenters. The third-order valence-electron chi connectivity index (χ3n) is 5.94. The van der Waals surface area contributed by atoms with Crippen LogP contribution >= 0.6 is 0 Å². The molecule has 2 aliphatic rings. The molecule has 0 saturated carbocycles. The lowest BCUT2D eigenvalue weighted by atomic mass is 9.80.